The van der Waals surface area contributed by atoms with Crippen LogP contribution in [0, 0.1) is 13.8 Å². The molecule has 38 heavy (non-hydrogen) atoms. The van der Waals surface area contributed by atoms with Crippen molar-refractivity contribution in [3.05, 3.63) is 96.6 Å². The lowest BCUT2D eigenvalue weighted by atomic mass is 10.1. The van der Waals surface area contributed by atoms with E-state index in [-0.39, 0.29) is 6.01 Å². The molecule has 0 fully saturated rings. The van der Waals surface area contributed by atoms with Crippen LogP contribution in [0.1, 0.15) is 11.4 Å². The summed E-state index contributed by atoms with van der Waals surface area (Å²) in [5.41, 5.74) is 18.9. The molecular weight excluding hydrogens is 476 g/mol. The number of nitrogens with two attached hydrogens (primary N) is 2. The van der Waals surface area contributed by atoms with Gasteiger partial charge in [0.15, 0.2) is 0 Å². The molecule has 6 rings (SSSR count). The summed E-state index contributed by atoms with van der Waals surface area (Å²) >= 11 is 0. The van der Waals surface area contributed by atoms with Crippen LogP contribution in [-0.4, -0.2) is 24.9 Å². The molecular formula is C29H24N8O. The van der Waals surface area contributed by atoms with Crippen molar-refractivity contribution in [1.29, 1.82) is 0 Å². The third kappa shape index (κ3) is 4.37. The van der Waals surface area contributed by atoms with E-state index < -0.39 is 0 Å². The second-order valence-electron chi connectivity index (χ2n) is 8.93. The van der Waals surface area contributed by atoms with Gasteiger partial charge in [0.25, 0.3) is 0 Å². The second-order valence-corrected chi connectivity index (χ2v) is 8.93. The van der Waals surface area contributed by atoms with Crippen molar-refractivity contribution in [3.63, 3.8) is 0 Å². The van der Waals surface area contributed by atoms with Gasteiger partial charge in [0.1, 0.15) is 12.1 Å². The molecule has 0 saturated carbocycles. The van der Waals surface area contributed by atoms with Gasteiger partial charge in [0.2, 0.25) is 5.95 Å². The molecule has 9 nitrogen and oxygen atoms in total. The highest BCUT2D eigenvalue weighted by Gasteiger charge is 2.19. The Labute approximate surface area is 218 Å². The molecule has 0 atom stereocenters. The average Bonchev–Trinajstić information content (AvgIpc) is 2.90. The van der Waals surface area contributed by atoms with Gasteiger partial charge in [0.05, 0.1) is 11.0 Å². The molecule has 4 N–H and O–H groups in total. The normalized spacial score (nSPS) is 11.1. The van der Waals surface area contributed by atoms with Crippen molar-refractivity contribution < 1.29 is 4.74 Å². The van der Waals surface area contributed by atoms with Crippen LogP contribution in [0.2, 0.25) is 0 Å². The largest absolute Gasteiger partial charge is 0.424 e. The molecule has 0 amide bonds. The quantitative estimate of drug-likeness (QED) is 0.292. The van der Waals surface area contributed by atoms with Gasteiger partial charge in [-0.2, -0.15) is 9.97 Å². The minimum atomic E-state index is 0.168. The summed E-state index contributed by atoms with van der Waals surface area (Å²) in [5, 5.41) is 1.65. The van der Waals surface area contributed by atoms with E-state index in [2.05, 4.69) is 24.9 Å². The fraction of sp³-hybridized carbons (Fsp3) is 0.0690. The van der Waals surface area contributed by atoms with Crippen LogP contribution < -0.4 is 21.1 Å². The average molecular weight is 501 g/mol. The number of ether oxygens (including phenoxy) is 1. The summed E-state index contributed by atoms with van der Waals surface area (Å²) in [6, 6.07) is 25.0. The molecule has 0 aliphatic heterocycles. The number of hydrogen-bond acceptors (Lipinski definition) is 9. The Kier molecular flexibility index (Phi) is 5.65. The summed E-state index contributed by atoms with van der Waals surface area (Å²) in [7, 11) is 0. The minimum Gasteiger partial charge on any atom is -0.424 e. The number of nitrogen functional groups attached to an aromatic ring is 2. The molecule has 6 aromatic rings. The Morgan fingerprint density at radius 3 is 1.82 bits per heavy atom. The highest BCUT2D eigenvalue weighted by Crippen LogP contribution is 2.37. The lowest BCUT2D eigenvalue weighted by molar-refractivity contribution is 0.440. The number of anilines is 5. The maximum atomic E-state index is 6.38. The third-order valence-corrected chi connectivity index (χ3v) is 6.11. The van der Waals surface area contributed by atoms with E-state index in [9.17, 15) is 0 Å². The maximum Gasteiger partial charge on any atom is 0.326 e. The van der Waals surface area contributed by atoms with Crippen molar-refractivity contribution >= 4 is 50.5 Å². The van der Waals surface area contributed by atoms with E-state index in [0.29, 0.717) is 23.1 Å². The number of pyridine rings is 2. The molecule has 3 aromatic carbocycles. The van der Waals surface area contributed by atoms with E-state index in [1.54, 1.807) is 0 Å². The topological polar surface area (TPSA) is 129 Å². The number of benzene rings is 3. The van der Waals surface area contributed by atoms with Crippen molar-refractivity contribution in [1.82, 2.24) is 24.9 Å². The number of hydrogen-bond donors (Lipinski definition) is 2. The number of fused-ring (bicyclic) bond motifs is 2. The Morgan fingerprint density at radius 2 is 1.24 bits per heavy atom. The van der Waals surface area contributed by atoms with Gasteiger partial charge in [-0.3, -0.25) is 14.9 Å². The zero-order chi connectivity index (χ0) is 26.2. The van der Waals surface area contributed by atoms with Crippen molar-refractivity contribution in [2.24, 2.45) is 0 Å². The first-order valence-electron chi connectivity index (χ1n) is 12.0. The summed E-state index contributed by atoms with van der Waals surface area (Å²) in [6.07, 6.45) is 1.42. The van der Waals surface area contributed by atoms with Gasteiger partial charge in [0, 0.05) is 44.9 Å². The number of aromatic nitrogens is 5. The first-order chi connectivity index (χ1) is 18.4. The lowest BCUT2D eigenvalue weighted by Crippen LogP contribution is -2.14. The summed E-state index contributed by atoms with van der Waals surface area (Å²) in [6.45, 7) is 3.84. The van der Waals surface area contributed by atoms with E-state index in [0.717, 1.165) is 44.6 Å². The predicted octanol–water partition coefficient (Wildman–Crippen LogP) is 6.01. The highest BCUT2D eigenvalue weighted by atomic mass is 16.5. The predicted molar refractivity (Wildman–Crippen MR) is 150 cm³/mol. The number of para-hydroxylation sites is 1. The first-order valence-corrected chi connectivity index (χ1v) is 12.0. The molecule has 0 saturated heterocycles. The molecule has 0 unspecified atom stereocenters. The monoisotopic (exact) mass is 500 g/mol. The van der Waals surface area contributed by atoms with Gasteiger partial charge in [-0.25, -0.2) is 4.98 Å². The van der Waals surface area contributed by atoms with Gasteiger partial charge in [-0.05, 0) is 74.5 Å². The Morgan fingerprint density at radius 1 is 0.658 bits per heavy atom. The summed E-state index contributed by atoms with van der Waals surface area (Å²) in [4.78, 5) is 24.5. The second kappa shape index (κ2) is 9.29. The van der Waals surface area contributed by atoms with E-state index >= 15 is 0 Å². The SMILES string of the molecule is Cc1cc(N)c2cc(N(c3ccc4nc(C)cc(N)c4c3)c3ncnc(Oc4ccccc4)n3)ccc2n1. The smallest absolute Gasteiger partial charge is 0.326 e. The molecule has 0 spiro atoms. The first kappa shape index (κ1) is 23.1. The third-order valence-electron chi connectivity index (χ3n) is 6.11. The van der Waals surface area contributed by atoms with Crippen LogP contribution >= 0.6 is 0 Å². The van der Waals surface area contributed by atoms with Crippen molar-refractivity contribution in [3.8, 4) is 11.8 Å². The van der Waals surface area contributed by atoms with Crippen LogP contribution in [0.15, 0.2) is 85.2 Å². The number of rotatable bonds is 5. The summed E-state index contributed by atoms with van der Waals surface area (Å²) in [5.74, 6) is 0.984. The van der Waals surface area contributed by atoms with E-state index in [1.807, 2.05) is 97.6 Å². The Bertz CT molecular complexity index is 1720. The van der Waals surface area contributed by atoms with Crippen LogP contribution in [0.25, 0.3) is 21.8 Å². The Hall–Kier alpha value is -5.31. The molecule has 0 aliphatic rings. The molecule has 0 aliphatic carbocycles. The molecule has 186 valence electrons. The van der Waals surface area contributed by atoms with Gasteiger partial charge in [-0.15, -0.1) is 0 Å². The van der Waals surface area contributed by atoms with Crippen LogP contribution in [-0.2, 0) is 0 Å². The zero-order valence-electron chi connectivity index (χ0n) is 20.8. The standard InChI is InChI=1S/C29H24N8O/c1-17-12-24(30)22-14-19(8-10-26(22)34-17)37(20-9-11-27-23(15-20)25(31)13-18(2)35-27)28-32-16-33-29(36-28)38-21-6-4-3-5-7-21/h3-16H,1-2H3,(H2,30,34)(H2,31,35). The van der Waals surface area contributed by atoms with Gasteiger partial charge in [-0.1, -0.05) is 18.2 Å². The molecule has 9 heteroatoms. The fourth-order valence-electron chi connectivity index (χ4n) is 4.44. The van der Waals surface area contributed by atoms with Crippen LogP contribution in [0.3, 0.4) is 0 Å². The molecule has 0 radical (unpaired) electrons. The van der Waals surface area contributed by atoms with Gasteiger partial charge >= 0.3 is 6.01 Å². The Balaban J connectivity index is 1.53. The molecule has 3 heterocycles. The van der Waals surface area contributed by atoms with Crippen molar-refractivity contribution in [2.45, 2.75) is 13.8 Å². The zero-order valence-corrected chi connectivity index (χ0v) is 20.8. The van der Waals surface area contributed by atoms with E-state index in [4.69, 9.17) is 16.2 Å². The van der Waals surface area contributed by atoms with Crippen LogP contribution in [0.4, 0.5) is 28.7 Å². The van der Waals surface area contributed by atoms with Crippen LogP contribution in [0.5, 0.6) is 11.8 Å². The van der Waals surface area contributed by atoms with Crippen molar-refractivity contribution in [2.75, 3.05) is 16.4 Å². The minimum absolute atomic E-state index is 0.168. The van der Waals surface area contributed by atoms with E-state index in [1.165, 1.54) is 6.33 Å². The fourth-order valence-corrected chi connectivity index (χ4v) is 4.44. The summed E-state index contributed by atoms with van der Waals surface area (Å²) < 4.78 is 5.90. The number of aryl methyl sites for hydroxylation is 2. The maximum absolute atomic E-state index is 6.38. The number of nitrogens with zero attached hydrogens (tertiary/aromatic N) is 6. The highest BCUT2D eigenvalue weighted by molar-refractivity contribution is 5.97. The lowest BCUT2D eigenvalue weighted by Gasteiger charge is -2.24. The molecule has 0 bridgehead atoms. The van der Waals surface area contributed by atoms with Gasteiger partial charge < -0.3 is 16.2 Å². The molecule has 3 aromatic heterocycles.